The van der Waals surface area contributed by atoms with Crippen molar-refractivity contribution in [2.75, 3.05) is 39.6 Å². The maximum Gasteiger partial charge on any atom is 0.472 e. The van der Waals surface area contributed by atoms with E-state index in [1.54, 1.807) is 0 Å². The Bertz CT molecular complexity index is 2030. The van der Waals surface area contributed by atoms with Crippen LogP contribution in [-0.4, -0.2) is 96.7 Å². The van der Waals surface area contributed by atoms with E-state index >= 15 is 0 Å². The summed E-state index contributed by atoms with van der Waals surface area (Å²) in [5.41, 5.74) is 0. The van der Waals surface area contributed by atoms with Crippen LogP contribution in [-0.2, 0) is 65.4 Å². The highest BCUT2D eigenvalue weighted by Gasteiger charge is 2.30. The van der Waals surface area contributed by atoms with E-state index in [2.05, 4.69) is 41.5 Å². The van der Waals surface area contributed by atoms with Crippen molar-refractivity contribution in [1.29, 1.82) is 0 Å². The van der Waals surface area contributed by atoms with Gasteiger partial charge in [-0.25, -0.2) is 9.13 Å². The van der Waals surface area contributed by atoms with Crippen LogP contribution < -0.4 is 0 Å². The number of hydrogen-bond acceptors (Lipinski definition) is 15. The normalized spacial score (nSPS) is 13.8. The maximum atomic E-state index is 13.2. The Morgan fingerprint density at radius 1 is 0.255 bits per heavy atom. The number of esters is 4. The van der Waals surface area contributed by atoms with Crippen molar-refractivity contribution < 1.29 is 80.2 Å². The lowest BCUT2D eigenvalue weighted by molar-refractivity contribution is -0.161. The molecule has 0 aliphatic carbocycles. The second-order valence-electron chi connectivity index (χ2n) is 32.2. The van der Waals surface area contributed by atoms with E-state index in [-0.39, 0.29) is 25.7 Å². The summed E-state index contributed by atoms with van der Waals surface area (Å²) in [6.07, 6.45) is 70.9. The summed E-state index contributed by atoms with van der Waals surface area (Å²) in [7, 11) is -9.93. The molecule has 0 heterocycles. The van der Waals surface area contributed by atoms with Gasteiger partial charge < -0.3 is 33.8 Å². The molecule has 0 aromatic rings. The number of aliphatic hydroxyl groups is 1. The monoisotopic (exact) mass is 1550 g/mol. The number of unbranched alkanes of at least 4 members (excludes halogenated alkanes) is 56. The molecule has 0 saturated carbocycles. The van der Waals surface area contributed by atoms with E-state index < -0.39 is 97.5 Å². The topological polar surface area (TPSA) is 237 Å². The zero-order valence-corrected chi connectivity index (χ0v) is 71.5. The predicted octanol–water partition coefficient (Wildman–Crippen LogP) is 26.6. The Balaban J connectivity index is 5.22. The van der Waals surface area contributed by atoms with Crippen LogP contribution >= 0.6 is 15.6 Å². The summed E-state index contributed by atoms with van der Waals surface area (Å²) in [5, 5.41) is 10.7. The summed E-state index contributed by atoms with van der Waals surface area (Å²) in [5.74, 6) is -0.523. The molecule has 0 amide bonds. The zero-order valence-electron chi connectivity index (χ0n) is 69.7. The largest absolute Gasteiger partial charge is 0.472 e. The number of carbonyl (C=O) groups excluding carboxylic acids is 4. The number of phosphoric acid groups is 2. The molecule has 19 heteroatoms. The SMILES string of the molecule is CCCCCCCCCCCCCCCCCCCCCCCCC(=O)O[C@H](COC(=O)CCCCCCCCCCCCCCCCCCC(C)C)COP(=O)(O)OC[C@@H](O)COP(=O)(O)OC[C@@H](COC(=O)CCCCCCCCCCCCC)OC(=O)CCCCCCCCCCCCCC(C)C. The van der Waals surface area contributed by atoms with Crippen molar-refractivity contribution >= 4 is 39.5 Å². The molecule has 106 heavy (non-hydrogen) atoms. The summed E-state index contributed by atoms with van der Waals surface area (Å²) < 4.78 is 68.9. The smallest absolute Gasteiger partial charge is 0.462 e. The van der Waals surface area contributed by atoms with Gasteiger partial charge in [0.2, 0.25) is 0 Å². The van der Waals surface area contributed by atoms with Gasteiger partial charge in [0.25, 0.3) is 0 Å². The van der Waals surface area contributed by atoms with Gasteiger partial charge in [-0.2, -0.15) is 0 Å². The number of phosphoric ester groups is 2. The fraction of sp³-hybridized carbons (Fsp3) is 0.954. The van der Waals surface area contributed by atoms with Gasteiger partial charge in [-0.05, 0) is 37.5 Å². The van der Waals surface area contributed by atoms with Crippen LogP contribution in [0.2, 0.25) is 0 Å². The van der Waals surface area contributed by atoms with Crippen molar-refractivity contribution in [1.82, 2.24) is 0 Å². The number of carbonyl (C=O) groups is 4. The van der Waals surface area contributed by atoms with Crippen molar-refractivity contribution in [3.8, 4) is 0 Å². The average Bonchev–Trinajstić information content (AvgIpc) is 0.898. The van der Waals surface area contributed by atoms with Gasteiger partial charge >= 0.3 is 39.5 Å². The molecule has 0 radical (unpaired) electrons. The molecule has 0 aliphatic rings. The average molecular weight is 1550 g/mol. The van der Waals surface area contributed by atoms with Crippen molar-refractivity contribution in [2.24, 2.45) is 11.8 Å². The number of aliphatic hydroxyl groups excluding tert-OH is 1. The second kappa shape index (κ2) is 78.3. The highest BCUT2D eigenvalue weighted by Crippen LogP contribution is 2.45. The molecule has 0 aromatic heterocycles. The van der Waals surface area contributed by atoms with Gasteiger partial charge in [0, 0.05) is 25.7 Å². The Kier molecular flexibility index (Phi) is 76.9. The summed E-state index contributed by atoms with van der Waals surface area (Å²) in [6.45, 7) is 9.70. The van der Waals surface area contributed by atoms with Gasteiger partial charge in [-0.15, -0.1) is 0 Å². The third-order valence-electron chi connectivity index (χ3n) is 20.5. The minimum Gasteiger partial charge on any atom is -0.462 e. The number of hydrogen-bond donors (Lipinski definition) is 3. The van der Waals surface area contributed by atoms with Gasteiger partial charge in [-0.3, -0.25) is 37.3 Å². The highest BCUT2D eigenvalue weighted by molar-refractivity contribution is 7.47. The van der Waals surface area contributed by atoms with Crippen LogP contribution in [0.3, 0.4) is 0 Å². The quantitative estimate of drug-likeness (QED) is 0.0222. The van der Waals surface area contributed by atoms with Gasteiger partial charge in [0.05, 0.1) is 26.4 Å². The van der Waals surface area contributed by atoms with Crippen molar-refractivity contribution in [3.05, 3.63) is 0 Å². The molecule has 0 saturated heterocycles. The van der Waals surface area contributed by atoms with Gasteiger partial charge in [0.15, 0.2) is 12.2 Å². The van der Waals surface area contributed by atoms with Crippen LogP contribution in [0.25, 0.3) is 0 Å². The Hall–Kier alpha value is -1.94. The molecule has 5 atom stereocenters. The maximum absolute atomic E-state index is 13.2. The van der Waals surface area contributed by atoms with Crippen LogP contribution in [0, 0.1) is 11.8 Å². The molecule has 17 nitrogen and oxygen atoms in total. The van der Waals surface area contributed by atoms with E-state index in [9.17, 15) is 43.2 Å². The zero-order chi connectivity index (χ0) is 77.8. The van der Waals surface area contributed by atoms with Gasteiger partial charge in [-0.1, -0.05) is 414 Å². The lowest BCUT2D eigenvalue weighted by Crippen LogP contribution is -2.30. The molecule has 0 bridgehead atoms. The third kappa shape index (κ3) is 80.1. The lowest BCUT2D eigenvalue weighted by atomic mass is 10.0. The van der Waals surface area contributed by atoms with Crippen LogP contribution in [0.1, 0.15) is 465 Å². The predicted molar refractivity (Wildman–Crippen MR) is 437 cm³/mol. The Morgan fingerprint density at radius 3 is 0.642 bits per heavy atom. The van der Waals surface area contributed by atoms with E-state index in [0.717, 1.165) is 102 Å². The van der Waals surface area contributed by atoms with Crippen molar-refractivity contribution in [2.45, 2.75) is 484 Å². The molecule has 0 rings (SSSR count). The summed E-state index contributed by atoms with van der Waals surface area (Å²) in [6, 6.07) is 0. The molecule has 0 spiro atoms. The molecule has 630 valence electrons. The number of rotatable bonds is 86. The molecular weight excluding hydrogens is 1380 g/mol. The fourth-order valence-electron chi connectivity index (χ4n) is 13.6. The third-order valence-corrected chi connectivity index (χ3v) is 22.4. The molecule has 0 aromatic carbocycles. The highest BCUT2D eigenvalue weighted by atomic mass is 31.2. The molecular formula is C87H170O17P2. The van der Waals surface area contributed by atoms with Crippen molar-refractivity contribution in [3.63, 3.8) is 0 Å². The molecule has 0 aliphatic heterocycles. The summed E-state index contributed by atoms with van der Waals surface area (Å²) >= 11 is 0. The standard InChI is InChI=1S/C87H170O17P2/c1-7-9-11-13-15-17-19-20-21-22-23-24-25-26-27-32-35-41-47-53-59-65-71-86(91)103-83(76-98-85(90)70-64-58-52-46-40-34-31-29-28-30-33-38-43-49-55-61-67-79(3)4)78-102-106(95,96)100-74-81(88)73-99-105(93,94)101-77-82(75-97-84(89)69-63-57-51-45-37-18-16-14-12-10-8-2)104-87(92)72-66-60-54-48-42-36-39-44-50-56-62-68-80(5)6/h79-83,88H,7-78H2,1-6H3,(H,93,94)(H,95,96)/t81-,82+,83+/m0/s1. The Morgan fingerprint density at radius 2 is 0.434 bits per heavy atom. The minimum absolute atomic E-state index is 0.107. The molecule has 3 N–H and O–H groups in total. The van der Waals surface area contributed by atoms with E-state index in [4.69, 9.17) is 37.0 Å². The molecule has 2 unspecified atom stereocenters. The first-order valence-corrected chi connectivity index (χ1v) is 48.0. The Labute approximate surface area is 651 Å². The van der Waals surface area contributed by atoms with Crippen LogP contribution in [0.15, 0.2) is 0 Å². The lowest BCUT2D eigenvalue weighted by Gasteiger charge is -2.21. The van der Waals surface area contributed by atoms with E-state index in [1.165, 1.54) is 283 Å². The fourth-order valence-corrected chi connectivity index (χ4v) is 15.2. The van der Waals surface area contributed by atoms with Crippen LogP contribution in [0.4, 0.5) is 0 Å². The first-order chi connectivity index (χ1) is 51.4. The second-order valence-corrected chi connectivity index (χ2v) is 35.1. The number of ether oxygens (including phenoxy) is 4. The first-order valence-electron chi connectivity index (χ1n) is 45.0. The molecule has 0 fully saturated rings. The minimum atomic E-state index is -4.97. The van der Waals surface area contributed by atoms with Crippen LogP contribution in [0.5, 0.6) is 0 Å². The van der Waals surface area contributed by atoms with E-state index in [0.29, 0.717) is 25.7 Å². The van der Waals surface area contributed by atoms with Gasteiger partial charge in [0.1, 0.15) is 19.3 Å². The van der Waals surface area contributed by atoms with E-state index in [1.807, 2.05) is 0 Å². The summed E-state index contributed by atoms with van der Waals surface area (Å²) in [4.78, 5) is 73.2. The first kappa shape index (κ1) is 104.